The fourth-order valence-electron chi connectivity index (χ4n) is 10.2. The minimum atomic E-state index is -4.41. The zero-order chi connectivity index (χ0) is 71.1. The summed E-state index contributed by atoms with van der Waals surface area (Å²) in [6.45, 7) is 4.20. The van der Waals surface area contributed by atoms with E-state index < -0.39 is 26.5 Å². The molecule has 2 atom stereocenters. The van der Waals surface area contributed by atoms with Gasteiger partial charge in [-0.25, -0.2) is 4.57 Å². The van der Waals surface area contributed by atoms with E-state index in [-0.39, 0.29) is 32.0 Å². The third-order valence-electron chi connectivity index (χ3n) is 16.1. The lowest BCUT2D eigenvalue weighted by Gasteiger charge is -2.24. The molecule has 0 aliphatic rings. The first kappa shape index (κ1) is 92.8. The van der Waals surface area contributed by atoms with Crippen LogP contribution in [0.3, 0.4) is 0 Å². The number of ether oxygens (including phenoxy) is 2. The van der Waals surface area contributed by atoms with Crippen LogP contribution in [0.2, 0.25) is 0 Å². The molecule has 0 bridgehead atoms. The van der Waals surface area contributed by atoms with Crippen LogP contribution >= 0.6 is 7.82 Å². The first-order chi connectivity index (χ1) is 48.0. The van der Waals surface area contributed by atoms with Gasteiger partial charge in [-0.15, -0.1) is 0 Å². The number of hydrogen-bond acceptors (Lipinski definition) is 7. The van der Waals surface area contributed by atoms with Crippen LogP contribution in [-0.4, -0.2) is 74.9 Å². The number of phosphoric ester groups is 1. The van der Waals surface area contributed by atoms with E-state index in [0.717, 1.165) is 141 Å². The quantitative estimate of drug-likeness (QED) is 0.0211. The molecular formula is C88H145NO8P+. The Balaban J connectivity index is 4.07. The molecule has 554 valence electrons. The maximum atomic E-state index is 12.9. The predicted octanol–water partition coefficient (Wildman–Crippen LogP) is 26.4. The number of nitrogens with zero attached hydrogens (tertiary/aromatic N) is 1. The van der Waals surface area contributed by atoms with Gasteiger partial charge < -0.3 is 18.9 Å². The minimum absolute atomic E-state index is 0.0227. The number of quaternary nitrogens is 1. The molecular weight excluding hydrogens is 1230 g/mol. The molecule has 0 spiro atoms. The number of esters is 2. The first-order valence-corrected chi connectivity index (χ1v) is 40.7. The maximum Gasteiger partial charge on any atom is 0.472 e. The van der Waals surface area contributed by atoms with Gasteiger partial charge in [0, 0.05) is 12.8 Å². The Bertz CT molecular complexity index is 2360. The molecule has 0 aromatic rings. The van der Waals surface area contributed by atoms with E-state index in [2.05, 4.69) is 208 Å². The zero-order valence-electron chi connectivity index (χ0n) is 63.2. The number of rotatable bonds is 70. The molecule has 0 aromatic heterocycles. The number of hydrogen-bond donors (Lipinski definition) is 1. The monoisotopic (exact) mass is 1380 g/mol. The van der Waals surface area contributed by atoms with Gasteiger partial charge in [0.15, 0.2) is 6.10 Å². The van der Waals surface area contributed by atoms with E-state index >= 15 is 0 Å². The van der Waals surface area contributed by atoms with Crippen molar-refractivity contribution in [3.8, 4) is 0 Å². The molecule has 0 rings (SSSR count). The molecule has 0 heterocycles. The molecule has 98 heavy (non-hydrogen) atoms. The van der Waals surface area contributed by atoms with Gasteiger partial charge in [0.1, 0.15) is 19.8 Å². The minimum Gasteiger partial charge on any atom is -0.462 e. The van der Waals surface area contributed by atoms with E-state index in [9.17, 15) is 19.0 Å². The molecule has 2 unspecified atom stereocenters. The van der Waals surface area contributed by atoms with Crippen molar-refractivity contribution in [2.24, 2.45) is 0 Å². The number of unbranched alkanes of at least 4 members (excludes halogenated alkanes) is 24. The fourth-order valence-corrected chi connectivity index (χ4v) is 11.0. The van der Waals surface area contributed by atoms with E-state index in [1.165, 1.54) is 122 Å². The molecule has 0 aliphatic heterocycles. The van der Waals surface area contributed by atoms with Crippen LogP contribution in [0.5, 0.6) is 0 Å². The van der Waals surface area contributed by atoms with Gasteiger partial charge in [0.05, 0.1) is 27.7 Å². The third-order valence-corrected chi connectivity index (χ3v) is 17.1. The standard InChI is InChI=1S/C88H144NO8P/c1-6-8-10-12-14-16-18-20-22-24-26-28-30-32-34-36-38-40-42-44-46-48-50-52-54-56-58-60-62-64-66-68-70-72-74-76-78-80-87(90)94-84-86(85-96-98(92,93)95-83-82-89(3,4)5)97-88(91)81-79-77-75-73-71-69-67-65-63-61-59-57-55-53-51-49-47-45-43-41-39-37-35-33-31-29-27-25-23-21-19-17-15-13-11-9-7-2/h8-11,14-17,20-23,26-29,32-35,38-41,44-47,50-53,86H,6-7,12-13,18-19,24-25,30-31,36-37,42-43,48-49,54-85H2,1-5H3/p+1/b10-8-,11-9-,16-14-,17-15-,22-20-,23-21-,28-26-,29-27-,34-32-,35-33-,40-38-,41-39-,46-44-,47-45-,52-50-,53-51-. The molecule has 1 N–H and O–H groups in total. The van der Waals surface area contributed by atoms with Crippen LogP contribution in [0.15, 0.2) is 194 Å². The highest BCUT2D eigenvalue weighted by molar-refractivity contribution is 7.47. The SMILES string of the molecule is CC/C=C\C/C=C\C/C=C\C/C=C\C/C=C\C/C=C\C/C=C\C/C=C\CCCCCCCCCCCCCCC(=O)OCC(COP(=O)(O)OCC[N+](C)(C)C)OC(=O)CCCCCCCCCCCCCC/C=C\C/C=C\C/C=C\C/C=C\C/C=C\C/C=C\C/C=C\C/C=C\CC. The second kappa shape index (κ2) is 76.0. The summed E-state index contributed by atoms with van der Waals surface area (Å²) in [5, 5.41) is 0. The summed E-state index contributed by atoms with van der Waals surface area (Å²) in [6, 6.07) is 0. The van der Waals surface area contributed by atoms with Crippen LogP contribution in [0.4, 0.5) is 0 Å². The summed E-state index contributed by atoms with van der Waals surface area (Å²) >= 11 is 0. The summed E-state index contributed by atoms with van der Waals surface area (Å²) in [7, 11) is 1.46. The van der Waals surface area contributed by atoms with Gasteiger partial charge in [-0.05, 0) is 141 Å². The molecule has 0 fully saturated rings. The van der Waals surface area contributed by atoms with Gasteiger partial charge in [-0.2, -0.15) is 0 Å². The Morgan fingerprint density at radius 1 is 0.316 bits per heavy atom. The van der Waals surface area contributed by atoms with Crippen molar-refractivity contribution in [2.45, 2.75) is 302 Å². The Hall–Kier alpha value is -5.15. The molecule has 0 saturated heterocycles. The normalized spacial score (nSPS) is 14.1. The highest BCUT2D eigenvalue weighted by atomic mass is 31.2. The summed E-state index contributed by atoms with van der Waals surface area (Å²) in [6.07, 6.45) is 118. The molecule has 0 amide bonds. The average molecular weight is 1380 g/mol. The van der Waals surface area contributed by atoms with E-state index in [1.807, 2.05) is 21.1 Å². The van der Waals surface area contributed by atoms with Crippen molar-refractivity contribution in [1.82, 2.24) is 0 Å². The van der Waals surface area contributed by atoms with Crippen LogP contribution < -0.4 is 0 Å². The van der Waals surface area contributed by atoms with Gasteiger partial charge in [0.25, 0.3) is 0 Å². The Morgan fingerprint density at radius 3 is 0.816 bits per heavy atom. The largest absolute Gasteiger partial charge is 0.472 e. The van der Waals surface area contributed by atoms with Crippen molar-refractivity contribution in [3.63, 3.8) is 0 Å². The summed E-state index contributed by atoms with van der Waals surface area (Å²) in [5.41, 5.74) is 0. The van der Waals surface area contributed by atoms with E-state index in [4.69, 9.17) is 18.5 Å². The summed E-state index contributed by atoms with van der Waals surface area (Å²) in [4.78, 5) is 36.0. The topological polar surface area (TPSA) is 108 Å². The van der Waals surface area contributed by atoms with Gasteiger partial charge in [0.2, 0.25) is 0 Å². The lowest BCUT2D eigenvalue weighted by atomic mass is 10.0. The Labute approximate surface area is 603 Å². The van der Waals surface area contributed by atoms with Crippen molar-refractivity contribution in [3.05, 3.63) is 194 Å². The van der Waals surface area contributed by atoms with Gasteiger partial charge in [-0.1, -0.05) is 337 Å². The summed E-state index contributed by atoms with van der Waals surface area (Å²) < 4.78 is 34.8. The van der Waals surface area contributed by atoms with Crippen molar-refractivity contribution < 1.29 is 42.1 Å². The lowest BCUT2D eigenvalue weighted by Crippen LogP contribution is -2.37. The number of phosphoric acid groups is 1. The number of likely N-dealkylation sites (N-methyl/N-ethyl adjacent to an activating group) is 1. The predicted molar refractivity (Wildman–Crippen MR) is 426 cm³/mol. The van der Waals surface area contributed by atoms with Gasteiger partial charge >= 0.3 is 19.8 Å². The number of carbonyl (C=O) groups excluding carboxylic acids is 2. The van der Waals surface area contributed by atoms with Crippen LogP contribution in [0.1, 0.15) is 296 Å². The van der Waals surface area contributed by atoms with E-state index in [0.29, 0.717) is 17.4 Å². The molecule has 0 radical (unpaired) electrons. The van der Waals surface area contributed by atoms with E-state index in [1.54, 1.807) is 0 Å². The lowest BCUT2D eigenvalue weighted by molar-refractivity contribution is -0.870. The average Bonchev–Trinajstić information content (AvgIpc) is 1.14. The van der Waals surface area contributed by atoms with Crippen LogP contribution in [0, 0.1) is 0 Å². The van der Waals surface area contributed by atoms with Crippen molar-refractivity contribution >= 4 is 19.8 Å². The molecule has 0 saturated carbocycles. The molecule has 9 nitrogen and oxygen atoms in total. The fraction of sp³-hybridized carbons (Fsp3) is 0.614. The molecule has 0 aromatic carbocycles. The molecule has 10 heteroatoms. The van der Waals surface area contributed by atoms with Crippen molar-refractivity contribution in [2.75, 3.05) is 47.5 Å². The highest BCUT2D eigenvalue weighted by Crippen LogP contribution is 2.43. The van der Waals surface area contributed by atoms with Crippen molar-refractivity contribution in [1.29, 1.82) is 0 Å². The second-order valence-corrected chi connectivity index (χ2v) is 28.1. The number of allylic oxidation sites excluding steroid dienone is 32. The first-order valence-electron chi connectivity index (χ1n) is 39.2. The smallest absolute Gasteiger partial charge is 0.462 e. The Morgan fingerprint density at radius 2 is 0.551 bits per heavy atom. The zero-order valence-corrected chi connectivity index (χ0v) is 64.1. The second-order valence-electron chi connectivity index (χ2n) is 26.6. The Kier molecular flexibility index (Phi) is 72.0. The van der Waals surface area contributed by atoms with Crippen LogP contribution in [-0.2, 0) is 32.7 Å². The molecule has 0 aliphatic carbocycles. The number of carbonyl (C=O) groups is 2. The summed E-state index contributed by atoms with van der Waals surface area (Å²) in [5.74, 6) is -0.807. The highest BCUT2D eigenvalue weighted by Gasteiger charge is 2.27. The van der Waals surface area contributed by atoms with Crippen LogP contribution in [0.25, 0.3) is 0 Å². The maximum absolute atomic E-state index is 12.9. The van der Waals surface area contributed by atoms with Gasteiger partial charge in [-0.3, -0.25) is 18.6 Å². The third kappa shape index (κ3) is 79.8.